The Kier molecular flexibility index (Phi) is 18.2. The van der Waals surface area contributed by atoms with E-state index in [0.717, 1.165) is 6.92 Å². The van der Waals surface area contributed by atoms with Gasteiger partial charge in [-0.1, -0.05) is 32.4 Å². The zero-order chi connectivity index (χ0) is 42.3. The zero-order valence-electron chi connectivity index (χ0n) is 31.8. The van der Waals surface area contributed by atoms with Gasteiger partial charge in [0.15, 0.2) is 6.04 Å². The van der Waals surface area contributed by atoms with Crippen LogP contribution in [0.4, 0.5) is 0 Å². The molecule has 0 aromatic heterocycles. The van der Waals surface area contributed by atoms with Crippen molar-refractivity contribution in [3.8, 4) is 5.75 Å². The maximum atomic E-state index is 13.8. The predicted molar refractivity (Wildman–Crippen MR) is 196 cm³/mol. The third-order valence-corrected chi connectivity index (χ3v) is 9.32. The number of primary amides is 1. The minimum Gasteiger partial charge on any atom is -0.508 e. The highest BCUT2D eigenvalue weighted by Crippen LogP contribution is 2.22. The van der Waals surface area contributed by atoms with E-state index >= 15 is 0 Å². The minimum atomic E-state index is -1.81. The van der Waals surface area contributed by atoms with Crippen molar-refractivity contribution in [3.05, 3.63) is 29.8 Å². The van der Waals surface area contributed by atoms with E-state index in [4.69, 9.17) is 5.73 Å². The van der Waals surface area contributed by atoms with E-state index in [1.165, 1.54) is 24.0 Å². The Hall–Kier alpha value is -5.79. The Balaban J connectivity index is 2.32. The molecule has 0 radical (unpaired) electrons. The van der Waals surface area contributed by atoms with Crippen LogP contribution in [0.5, 0.6) is 5.75 Å². The summed E-state index contributed by atoms with van der Waals surface area (Å²) in [6, 6.07) is -2.34. The van der Waals surface area contributed by atoms with E-state index in [1.54, 1.807) is 26.0 Å². The molecule has 0 aliphatic carbocycles. The highest BCUT2D eigenvalue weighted by atomic mass is 16.4. The van der Waals surface area contributed by atoms with E-state index in [2.05, 4.69) is 21.3 Å². The summed E-state index contributed by atoms with van der Waals surface area (Å²) in [5.74, 6) is -9.11. The minimum absolute atomic E-state index is 0.0130. The molecule has 7 amide bonds. The maximum absolute atomic E-state index is 13.8. The quantitative estimate of drug-likeness (QED) is 0.0609. The van der Waals surface area contributed by atoms with Gasteiger partial charge in [0.2, 0.25) is 41.4 Å². The predicted octanol–water partition coefficient (Wildman–Crippen LogP) is -1.99. The molecule has 1 aliphatic rings. The van der Waals surface area contributed by atoms with Gasteiger partial charge in [-0.3, -0.25) is 38.4 Å². The van der Waals surface area contributed by atoms with Gasteiger partial charge in [0.1, 0.15) is 36.0 Å². The molecule has 11 N–H and O–H groups in total. The average Bonchev–Trinajstić information content (AvgIpc) is 3.62. The number of carboxylic acids is 2. The standard InChI is InChI=1S/C36H53N7O13/c1-5-18(2)29(41-33(52)26-7-6-16-43(26)35(54)25(38-20(4)45)17-21-8-10-22(46)11-9-21)34(53)40-23(12-14-27(37)47)31(50)39-24(13-15-28(48)49)32(51)42-30(19(3)44)36(55)56/h8-11,18-19,23-26,29-30,44,46H,5-7,12-17H2,1-4H3,(H2,37,47)(H,38,45)(H,39,50)(H,40,53)(H,41,52)(H,42,51)(H,48,49)(H,55,56)/t18-,19+,23-,24-,25-,26-,29-,30-/m0/s1. The van der Waals surface area contributed by atoms with Gasteiger partial charge in [0.25, 0.3) is 0 Å². The largest absolute Gasteiger partial charge is 0.508 e. The van der Waals surface area contributed by atoms with Crippen LogP contribution in [0.25, 0.3) is 0 Å². The molecule has 20 heteroatoms. The lowest BCUT2D eigenvalue weighted by Gasteiger charge is -2.31. The third-order valence-electron chi connectivity index (χ3n) is 9.32. The Bertz CT molecular complexity index is 1600. The number of nitrogens with two attached hydrogens (primary N) is 1. The van der Waals surface area contributed by atoms with Gasteiger partial charge in [-0.05, 0) is 56.2 Å². The van der Waals surface area contributed by atoms with Crippen LogP contribution in [0.2, 0.25) is 0 Å². The van der Waals surface area contributed by atoms with Crippen LogP contribution in [0, 0.1) is 5.92 Å². The molecule has 0 unspecified atom stereocenters. The molecule has 1 saturated heterocycles. The molecule has 1 aromatic carbocycles. The van der Waals surface area contributed by atoms with Crippen LogP contribution in [-0.2, 0) is 49.6 Å². The summed E-state index contributed by atoms with van der Waals surface area (Å²) >= 11 is 0. The number of hydrogen-bond donors (Lipinski definition) is 10. The first-order valence-electron chi connectivity index (χ1n) is 18.2. The smallest absolute Gasteiger partial charge is 0.328 e. The number of carbonyl (C=O) groups excluding carboxylic acids is 7. The summed E-state index contributed by atoms with van der Waals surface area (Å²) in [7, 11) is 0. The number of likely N-dealkylation sites (tertiary alicyclic amines) is 1. The van der Waals surface area contributed by atoms with Crippen molar-refractivity contribution >= 4 is 53.3 Å². The number of rotatable bonds is 22. The van der Waals surface area contributed by atoms with Gasteiger partial charge >= 0.3 is 11.9 Å². The number of amides is 7. The number of carboxylic acid groups (broad SMARTS) is 2. The van der Waals surface area contributed by atoms with Gasteiger partial charge in [0.05, 0.1) is 6.10 Å². The highest BCUT2D eigenvalue weighted by molar-refractivity contribution is 5.97. The fraction of sp³-hybridized carbons (Fsp3) is 0.583. The normalized spacial score (nSPS) is 17.4. The van der Waals surface area contributed by atoms with E-state index in [9.17, 15) is 63.6 Å². The van der Waals surface area contributed by atoms with Gasteiger partial charge < -0.3 is 57.6 Å². The average molecular weight is 792 g/mol. The molecule has 8 atom stereocenters. The number of nitrogens with one attached hydrogen (secondary N) is 5. The van der Waals surface area contributed by atoms with E-state index in [-0.39, 0.29) is 31.6 Å². The molecule has 1 aromatic rings. The fourth-order valence-electron chi connectivity index (χ4n) is 6.04. The first-order chi connectivity index (χ1) is 26.2. The van der Waals surface area contributed by atoms with Crippen LogP contribution in [0.15, 0.2) is 24.3 Å². The topological polar surface area (TPSA) is 324 Å². The molecule has 0 saturated carbocycles. The maximum Gasteiger partial charge on any atom is 0.328 e. The van der Waals surface area contributed by atoms with Crippen LogP contribution in [0.3, 0.4) is 0 Å². The molecular weight excluding hydrogens is 738 g/mol. The number of phenolic OH excluding ortho intramolecular Hbond substituents is 1. The van der Waals surface area contributed by atoms with Crippen molar-refractivity contribution < 1.29 is 63.6 Å². The van der Waals surface area contributed by atoms with Gasteiger partial charge in [-0.15, -0.1) is 0 Å². The van der Waals surface area contributed by atoms with Crippen LogP contribution in [0.1, 0.15) is 78.2 Å². The summed E-state index contributed by atoms with van der Waals surface area (Å²) in [5.41, 5.74) is 5.93. The number of aliphatic hydroxyl groups excluding tert-OH is 1. The van der Waals surface area contributed by atoms with Gasteiger partial charge in [-0.25, -0.2) is 4.79 Å². The van der Waals surface area contributed by atoms with E-state index in [1.807, 2.05) is 5.32 Å². The summed E-state index contributed by atoms with van der Waals surface area (Å²) in [5, 5.41) is 50.1. The molecule has 1 heterocycles. The van der Waals surface area contributed by atoms with Crippen molar-refractivity contribution in [2.45, 2.75) is 121 Å². The summed E-state index contributed by atoms with van der Waals surface area (Å²) in [6.07, 6.45) is -2.45. The molecule has 0 bridgehead atoms. The van der Waals surface area contributed by atoms with Crippen LogP contribution >= 0.6 is 0 Å². The number of nitrogens with zero attached hydrogens (tertiary/aromatic N) is 1. The lowest BCUT2D eigenvalue weighted by Crippen LogP contribution is -2.60. The summed E-state index contributed by atoms with van der Waals surface area (Å²) in [4.78, 5) is 116. The fourth-order valence-corrected chi connectivity index (χ4v) is 6.04. The molecule has 2 rings (SSSR count). The SMILES string of the molecule is CC[C@H](C)[C@H](NC(=O)[C@@H]1CCCN1C(=O)[C@H](Cc1ccc(O)cc1)NC(C)=O)C(=O)N[C@@H](CCC(N)=O)C(=O)N[C@@H](CCC(=O)O)C(=O)N[C@H](C(=O)O)[C@@H](C)O. The first kappa shape index (κ1) is 46.4. The second kappa shape index (κ2) is 21.9. The number of aliphatic carboxylic acids is 2. The summed E-state index contributed by atoms with van der Waals surface area (Å²) < 4.78 is 0. The van der Waals surface area contributed by atoms with E-state index < -0.39 is 121 Å². The van der Waals surface area contributed by atoms with E-state index in [0.29, 0.717) is 18.4 Å². The zero-order valence-corrected chi connectivity index (χ0v) is 31.8. The number of carbonyl (C=O) groups is 9. The molecule has 1 aliphatic heterocycles. The number of benzene rings is 1. The van der Waals surface area contributed by atoms with Crippen LogP contribution in [-0.4, -0.2) is 128 Å². The molecule has 1 fully saturated rings. The van der Waals surface area contributed by atoms with Crippen molar-refractivity contribution in [1.82, 2.24) is 31.5 Å². The van der Waals surface area contributed by atoms with Crippen molar-refractivity contribution in [1.29, 1.82) is 0 Å². The lowest BCUT2D eigenvalue weighted by molar-refractivity contribution is -0.145. The van der Waals surface area contributed by atoms with Crippen LogP contribution < -0.4 is 32.3 Å². The Morgan fingerprint density at radius 3 is 1.89 bits per heavy atom. The number of hydrogen-bond acceptors (Lipinski definition) is 11. The molecule has 20 nitrogen and oxygen atoms in total. The lowest BCUT2D eigenvalue weighted by atomic mass is 9.96. The summed E-state index contributed by atoms with van der Waals surface area (Å²) in [6.45, 7) is 5.91. The molecular formula is C36H53N7O13. The molecule has 310 valence electrons. The third kappa shape index (κ3) is 14.5. The van der Waals surface area contributed by atoms with Crippen molar-refractivity contribution in [2.24, 2.45) is 11.7 Å². The Labute approximate surface area is 323 Å². The number of aromatic hydroxyl groups is 1. The van der Waals surface area contributed by atoms with Gasteiger partial charge in [-0.2, -0.15) is 0 Å². The highest BCUT2D eigenvalue weighted by Gasteiger charge is 2.40. The monoisotopic (exact) mass is 791 g/mol. The first-order valence-corrected chi connectivity index (χ1v) is 18.2. The second-order valence-corrected chi connectivity index (χ2v) is 13.8. The second-order valence-electron chi connectivity index (χ2n) is 13.8. The molecule has 56 heavy (non-hydrogen) atoms. The number of aliphatic hydroxyl groups is 1. The number of phenols is 1. The van der Waals surface area contributed by atoms with Gasteiger partial charge in [0, 0.05) is 32.7 Å². The Morgan fingerprint density at radius 1 is 0.804 bits per heavy atom. The molecule has 0 spiro atoms. The van der Waals surface area contributed by atoms with Crippen molar-refractivity contribution in [2.75, 3.05) is 6.54 Å². The van der Waals surface area contributed by atoms with Crippen molar-refractivity contribution in [3.63, 3.8) is 0 Å². The Morgan fingerprint density at radius 2 is 1.38 bits per heavy atom.